The van der Waals surface area contributed by atoms with E-state index in [2.05, 4.69) is 20.4 Å². The number of nitrogens with two attached hydrogens (primary N) is 1. The molecule has 0 unspecified atom stereocenters. The van der Waals surface area contributed by atoms with Crippen LogP contribution in [0.4, 0.5) is 5.69 Å². The first kappa shape index (κ1) is 20.5. The van der Waals surface area contributed by atoms with E-state index >= 15 is 0 Å². The fourth-order valence-corrected chi connectivity index (χ4v) is 3.50. The zero-order valence-electron chi connectivity index (χ0n) is 17.7. The van der Waals surface area contributed by atoms with Crippen LogP contribution in [-0.2, 0) is 18.4 Å². The average Bonchev–Trinajstić information content (AvgIpc) is 3.20. The molecule has 31 heavy (non-hydrogen) atoms. The lowest BCUT2D eigenvalue weighted by Crippen LogP contribution is -2.17. The molecular formula is C23H24N6O2. The Morgan fingerprint density at radius 1 is 1.16 bits per heavy atom. The molecule has 0 aliphatic rings. The van der Waals surface area contributed by atoms with Crippen molar-refractivity contribution in [3.8, 4) is 11.1 Å². The number of primary amides is 1. The molecule has 0 saturated heterocycles. The molecule has 3 heterocycles. The molecule has 0 aliphatic heterocycles. The van der Waals surface area contributed by atoms with Crippen molar-refractivity contribution in [3.05, 3.63) is 71.9 Å². The van der Waals surface area contributed by atoms with Crippen molar-refractivity contribution in [2.75, 3.05) is 12.4 Å². The van der Waals surface area contributed by atoms with Gasteiger partial charge < -0.3 is 15.8 Å². The van der Waals surface area contributed by atoms with Crippen molar-refractivity contribution >= 4 is 22.5 Å². The fraction of sp³-hybridized carbons (Fsp3) is 0.217. The lowest BCUT2D eigenvalue weighted by atomic mass is 10.0. The second-order valence-electron chi connectivity index (χ2n) is 7.39. The van der Waals surface area contributed by atoms with Crippen LogP contribution in [0, 0.1) is 0 Å². The monoisotopic (exact) mass is 416 g/mol. The molecule has 4 rings (SSSR count). The second kappa shape index (κ2) is 8.53. The summed E-state index contributed by atoms with van der Waals surface area (Å²) in [7, 11) is 3.51. The van der Waals surface area contributed by atoms with E-state index in [0.717, 1.165) is 33.4 Å². The summed E-state index contributed by atoms with van der Waals surface area (Å²) in [5.41, 5.74) is 11.0. The Kier molecular flexibility index (Phi) is 5.64. The van der Waals surface area contributed by atoms with E-state index in [1.54, 1.807) is 11.8 Å². The minimum absolute atomic E-state index is 0.136. The van der Waals surface area contributed by atoms with Gasteiger partial charge in [0, 0.05) is 43.7 Å². The van der Waals surface area contributed by atoms with Crippen molar-refractivity contribution in [1.82, 2.24) is 19.7 Å². The van der Waals surface area contributed by atoms with E-state index in [0.29, 0.717) is 17.9 Å². The summed E-state index contributed by atoms with van der Waals surface area (Å²) < 4.78 is 6.87. The van der Waals surface area contributed by atoms with Gasteiger partial charge >= 0.3 is 0 Å². The highest BCUT2D eigenvalue weighted by Gasteiger charge is 2.18. The quantitative estimate of drug-likeness (QED) is 0.478. The Morgan fingerprint density at radius 2 is 1.97 bits per heavy atom. The summed E-state index contributed by atoms with van der Waals surface area (Å²) in [6, 6.07) is 11.6. The van der Waals surface area contributed by atoms with E-state index in [9.17, 15) is 4.79 Å². The van der Waals surface area contributed by atoms with Crippen LogP contribution >= 0.6 is 0 Å². The number of methoxy groups -OCH3 is 1. The Balaban J connectivity index is 1.79. The maximum absolute atomic E-state index is 12.1. The number of rotatable bonds is 7. The largest absolute Gasteiger partial charge is 0.378 e. The van der Waals surface area contributed by atoms with Crippen molar-refractivity contribution < 1.29 is 9.53 Å². The van der Waals surface area contributed by atoms with Gasteiger partial charge in [0.25, 0.3) is 5.91 Å². The van der Waals surface area contributed by atoms with Crippen LogP contribution in [-0.4, -0.2) is 32.8 Å². The van der Waals surface area contributed by atoms with Gasteiger partial charge in [-0.3, -0.25) is 19.4 Å². The van der Waals surface area contributed by atoms with Crippen LogP contribution in [0.25, 0.3) is 22.0 Å². The number of benzene rings is 1. The summed E-state index contributed by atoms with van der Waals surface area (Å²) in [6.45, 7) is 2.45. The predicted octanol–water partition coefficient (Wildman–Crippen LogP) is 3.45. The molecule has 0 spiro atoms. The van der Waals surface area contributed by atoms with Crippen LogP contribution in [0.5, 0.6) is 0 Å². The normalized spacial score (nSPS) is 12.1. The number of nitrogens with one attached hydrogen (secondary N) is 1. The molecule has 8 nitrogen and oxygen atoms in total. The van der Waals surface area contributed by atoms with Gasteiger partial charge in [-0.25, -0.2) is 0 Å². The molecule has 3 aromatic heterocycles. The van der Waals surface area contributed by atoms with Gasteiger partial charge in [-0.2, -0.15) is 5.10 Å². The number of nitrogens with zero attached hydrogens (tertiary/aromatic N) is 4. The average molecular weight is 416 g/mol. The number of ether oxygens (including phenoxy) is 1. The van der Waals surface area contributed by atoms with Gasteiger partial charge in [0.1, 0.15) is 0 Å². The molecule has 0 fully saturated rings. The van der Waals surface area contributed by atoms with E-state index < -0.39 is 5.91 Å². The fourth-order valence-electron chi connectivity index (χ4n) is 3.50. The summed E-state index contributed by atoms with van der Waals surface area (Å²) in [6.07, 6.45) is 5.20. The Bertz CT molecular complexity index is 1230. The number of anilines is 1. The predicted molar refractivity (Wildman–Crippen MR) is 119 cm³/mol. The molecular weight excluding hydrogens is 392 g/mol. The van der Waals surface area contributed by atoms with Crippen molar-refractivity contribution in [2.45, 2.75) is 19.6 Å². The molecule has 0 bridgehead atoms. The van der Waals surface area contributed by atoms with Gasteiger partial charge in [-0.1, -0.05) is 12.1 Å². The molecule has 1 atom stereocenters. The summed E-state index contributed by atoms with van der Waals surface area (Å²) >= 11 is 0. The van der Waals surface area contributed by atoms with Gasteiger partial charge in [0.05, 0.1) is 40.8 Å². The molecule has 1 aromatic carbocycles. The first-order valence-corrected chi connectivity index (χ1v) is 9.89. The number of hydrogen-bond acceptors (Lipinski definition) is 6. The second-order valence-corrected chi connectivity index (χ2v) is 7.39. The van der Waals surface area contributed by atoms with Crippen LogP contribution < -0.4 is 11.1 Å². The minimum atomic E-state index is -0.541. The van der Waals surface area contributed by atoms with Gasteiger partial charge in [0.2, 0.25) is 0 Å². The highest BCUT2D eigenvalue weighted by molar-refractivity contribution is 6.07. The SMILES string of the molecule is COCc1ccc(-c2ccc3ncc(C(N)=O)c(N[C@@H](C)c4ccn(C)n4)c3c2)cn1. The molecule has 1 amide bonds. The smallest absolute Gasteiger partial charge is 0.252 e. The van der Waals surface area contributed by atoms with Crippen LogP contribution in [0.3, 0.4) is 0 Å². The summed E-state index contributed by atoms with van der Waals surface area (Å²) in [4.78, 5) is 21.0. The maximum atomic E-state index is 12.1. The lowest BCUT2D eigenvalue weighted by Gasteiger charge is -2.18. The Labute approximate surface area is 180 Å². The number of hydrogen-bond donors (Lipinski definition) is 2. The van der Waals surface area contributed by atoms with Crippen LogP contribution in [0.2, 0.25) is 0 Å². The summed E-state index contributed by atoms with van der Waals surface area (Å²) in [5, 5.41) is 8.68. The molecule has 0 radical (unpaired) electrons. The maximum Gasteiger partial charge on any atom is 0.252 e. The minimum Gasteiger partial charge on any atom is -0.378 e. The highest BCUT2D eigenvalue weighted by Crippen LogP contribution is 2.32. The van der Waals surface area contributed by atoms with Gasteiger partial charge in [0.15, 0.2) is 0 Å². The van der Waals surface area contributed by atoms with Gasteiger partial charge in [-0.05, 0) is 36.8 Å². The Hall–Kier alpha value is -3.78. The lowest BCUT2D eigenvalue weighted by molar-refractivity contribution is 0.100. The van der Waals surface area contributed by atoms with Crippen LogP contribution in [0.15, 0.2) is 55.0 Å². The molecule has 0 saturated carbocycles. The summed E-state index contributed by atoms with van der Waals surface area (Å²) in [5.74, 6) is -0.541. The van der Waals surface area contributed by atoms with Crippen molar-refractivity contribution in [3.63, 3.8) is 0 Å². The van der Waals surface area contributed by atoms with E-state index in [1.165, 1.54) is 6.20 Å². The number of aryl methyl sites for hydroxylation is 1. The topological polar surface area (TPSA) is 108 Å². The number of amides is 1. The van der Waals surface area contributed by atoms with E-state index in [-0.39, 0.29) is 6.04 Å². The number of pyridine rings is 2. The third-order valence-corrected chi connectivity index (χ3v) is 5.12. The van der Waals surface area contributed by atoms with Crippen molar-refractivity contribution in [2.24, 2.45) is 12.8 Å². The Morgan fingerprint density at radius 3 is 2.61 bits per heavy atom. The molecule has 4 aromatic rings. The number of aromatic nitrogens is 4. The molecule has 8 heteroatoms. The number of carbonyl (C=O) groups excluding carboxylic acids is 1. The number of carbonyl (C=O) groups is 1. The standard InChI is InChI=1S/C23H24N6O2/c1-14(20-8-9-29(2)28-20)27-22-18-10-15(16-4-6-17(13-31-3)25-11-16)5-7-21(18)26-12-19(22)23(24)30/h4-12,14H,13H2,1-3H3,(H2,24,30)(H,26,27)/t14-/m0/s1. The zero-order chi connectivity index (χ0) is 22.0. The first-order chi connectivity index (χ1) is 15.0. The highest BCUT2D eigenvalue weighted by atomic mass is 16.5. The van der Waals surface area contributed by atoms with Crippen LogP contribution in [0.1, 0.15) is 34.7 Å². The van der Waals surface area contributed by atoms with E-state index in [4.69, 9.17) is 10.5 Å². The molecule has 0 aliphatic carbocycles. The zero-order valence-corrected chi connectivity index (χ0v) is 17.7. The molecule has 3 N–H and O–H groups in total. The number of fused-ring (bicyclic) bond motifs is 1. The van der Waals surface area contributed by atoms with Gasteiger partial charge in [-0.15, -0.1) is 0 Å². The van der Waals surface area contributed by atoms with Crippen molar-refractivity contribution in [1.29, 1.82) is 0 Å². The molecule has 158 valence electrons. The first-order valence-electron chi connectivity index (χ1n) is 9.89. The third kappa shape index (κ3) is 4.24. The third-order valence-electron chi connectivity index (χ3n) is 5.12. The van der Waals surface area contributed by atoms with E-state index in [1.807, 2.05) is 62.8 Å².